The number of aromatic nitrogens is 2. The Balaban J connectivity index is 2.41. The van der Waals surface area contributed by atoms with Gasteiger partial charge in [-0.2, -0.15) is 0 Å². The molecule has 6 heteroatoms. The molecular formula is C18H30N4O2. The van der Waals surface area contributed by atoms with Gasteiger partial charge in [0.2, 0.25) is 0 Å². The summed E-state index contributed by atoms with van der Waals surface area (Å²) < 4.78 is 12.6. The molecule has 24 heavy (non-hydrogen) atoms. The number of methoxy groups -OCH3 is 2. The van der Waals surface area contributed by atoms with Crippen molar-refractivity contribution in [3.63, 3.8) is 0 Å². The van der Waals surface area contributed by atoms with Crippen molar-refractivity contribution in [1.82, 2.24) is 14.3 Å². The number of anilines is 1. The minimum atomic E-state index is -0.0374. The molecule has 0 fully saturated rings. The summed E-state index contributed by atoms with van der Waals surface area (Å²) in [5.74, 6) is 0. The average Bonchev–Trinajstić information content (AvgIpc) is 2.88. The third-order valence-electron chi connectivity index (χ3n) is 4.05. The molecule has 0 amide bonds. The van der Waals surface area contributed by atoms with Crippen LogP contribution in [0.3, 0.4) is 0 Å². The second kappa shape index (κ2) is 7.96. The number of nitrogens with zero attached hydrogens (tertiary/aromatic N) is 3. The van der Waals surface area contributed by atoms with Crippen LogP contribution in [0.4, 0.5) is 5.69 Å². The standard InChI is InChI=1S/C18H30N4O2/c1-18(2,3)17-15(13-21(8-10-23-4)9-11-24-5)22-12-14(19)6-7-16(22)20-17/h6-7,12H,8-11,13,19H2,1-5H3. The normalized spacial score (nSPS) is 12.4. The number of hydrogen-bond donors (Lipinski definition) is 1. The van der Waals surface area contributed by atoms with Crippen molar-refractivity contribution in [3.05, 3.63) is 29.7 Å². The molecule has 2 N–H and O–H groups in total. The second-order valence-electron chi connectivity index (χ2n) is 7.11. The van der Waals surface area contributed by atoms with E-state index in [9.17, 15) is 0 Å². The molecule has 0 saturated heterocycles. The lowest BCUT2D eigenvalue weighted by atomic mass is 9.90. The van der Waals surface area contributed by atoms with Crippen LogP contribution < -0.4 is 5.73 Å². The first-order chi connectivity index (χ1) is 11.4. The van der Waals surface area contributed by atoms with Gasteiger partial charge in [0.05, 0.1) is 24.6 Å². The summed E-state index contributed by atoms with van der Waals surface area (Å²) in [4.78, 5) is 7.19. The molecule has 0 aromatic carbocycles. The minimum Gasteiger partial charge on any atom is -0.398 e. The Bertz CT molecular complexity index is 653. The molecule has 6 nitrogen and oxygen atoms in total. The topological polar surface area (TPSA) is 65.0 Å². The lowest BCUT2D eigenvalue weighted by Gasteiger charge is -2.24. The van der Waals surface area contributed by atoms with Crippen LogP contribution in [0.15, 0.2) is 18.3 Å². The molecule has 0 aliphatic rings. The minimum absolute atomic E-state index is 0.0374. The Morgan fingerprint density at radius 3 is 2.29 bits per heavy atom. The molecule has 2 aromatic heterocycles. The number of pyridine rings is 1. The van der Waals surface area contributed by atoms with Crippen LogP contribution in [-0.2, 0) is 21.4 Å². The lowest BCUT2D eigenvalue weighted by molar-refractivity contribution is 0.109. The molecule has 2 aromatic rings. The van der Waals surface area contributed by atoms with Gasteiger partial charge in [-0.1, -0.05) is 20.8 Å². The maximum absolute atomic E-state index is 6.00. The molecular weight excluding hydrogens is 304 g/mol. The van der Waals surface area contributed by atoms with E-state index in [1.165, 1.54) is 5.69 Å². The van der Waals surface area contributed by atoms with Gasteiger partial charge in [0.15, 0.2) is 0 Å². The third-order valence-corrected chi connectivity index (χ3v) is 4.05. The largest absolute Gasteiger partial charge is 0.398 e. The van der Waals surface area contributed by atoms with Gasteiger partial charge in [-0.05, 0) is 12.1 Å². The SMILES string of the molecule is COCCN(CCOC)Cc1c(C(C)(C)C)nc2ccc(N)cn12. The van der Waals surface area contributed by atoms with E-state index >= 15 is 0 Å². The first-order valence-corrected chi connectivity index (χ1v) is 8.34. The highest BCUT2D eigenvalue weighted by Crippen LogP contribution is 2.28. The summed E-state index contributed by atoms with van der Waals surface area (Å²) >= 11 is 0. The van der Waals surface area contributed by atoms with E-state index in [2.05, 4.69) is 30.1 Å². The van der Waals surface area contributed by atoms with Crippen LogP contribution in [-0.4, -0.2) is 54.8 Å². The smallest absolute Gasteiger partial charge is 0.137 e. The fraction of sp³-hybridized carbons (Fsp3) is 0.611. The predicted molar refractivity (Wildman–Crippen MR) is 97.3 cm³/mol. The van der Waals surface area contributed by atoms with Crippen molar-refractivity contribution >= 4 is 11.3 Å². The van der Waals surface area contributed by atoms with Gasteiger partial charge in [-0.3, -0.25) is 4.90 Å². The van der Waals surface area contributed by atoms with Gasteiger partial charge in [0, 0.05) is 51.2 Å². The van der Waals surface area contributed by atoms with Gasteiger partial charge in [-0.25, -0.2) is 4.98 Å². The first-order valence-electron chi connectivity index (χ1n) is 8.34. The van der Waals surface area contributed by atoms with Crippen molar-refractivity contribution in [2.45, 2.75) is 32.7 Å². The van der Waals surface area contributed by atoms with Crippen LogP contribution in [0.25, 0.3) is 5.65 Å². The predicted octanol–water partition coefficient (Wildman–Crippen LogP) is 2.31. The zero-order valence-electron chi connectivity index (χ0n) is 15.5. The van der Waals surface area contributed by atoms with Gasteiger partial charge >= 0.3 is 0 Å². The van der Waals surface area contributed by atoms with Crippen LogP contribution >= 0.6 is 0 Å². The summed E-state index contributed by atoms with van der Waals surface area (Å²) in [7, 11) is 3.45. The van der Waals surface area contributed by atoms with Crippen LogP contribution in [0, 0.1) is 0 Å². The Hall–Kier alpha value is -1.63. The number of nitrogen functional groups attached to an aromatic ring is 1. The molecule has 134 valence electrons. The number of ether oxygens (including phenoxy) is 2. The Morgan fingerprint density at radius 1 is 1.12 bits per heavy atom. The highest BCUT2D eigenvalue weighted by molar-refractivity contribution is 5.51. The number of hydrogen-bond acceptors (Lipinski definition) is 5. The summed E-state index contributed by atoms with van der Waals surface area (Å²) in [6.07, 6.45) is 1.96. The number of imidazole rings is 1. The lowest BCUT2D eigenvalue weighted by Crippen LogP contribution is -2.32. The molecule has 0 aliphatic carbocycles. The van der Waals surface area contributed by atoms with E-state index in [-0.39, 0.29) is 5.41 Å². The van der Waals surface area contributed by atoms with Gasteiger partial charge < -0.3 is 19.6 Å². The van der Waals surface area contributed by atoms with Crippen molar-refractivity contribution < 1.29 is 9.47 Å². The van der Waals surface area contributed by atoms with Crippen molar-refractivity contribution in [3.8, 4) is 0 Å². The van der Waals surface area contributed by atoms with E-state index in [4.69, 9.17) is 20.2 Å². The highest BCUT2D eigenvalue weighted by atomic mass is 16.5. The molecule has 0 aliphatic heterocycles. The van der Waals surface area contributed by atoms with E-state index in [1.807, 2.05) is 18.3 Å². The molecule has 0 spiro atoms. The zero-order valence-corrected chi connectivity index (χ0v) is 15.5. The molecule has 0 unspecified atom stereocenters. The van der Waals surface area contributed by atoms with Crippen molar-refractivity contribution in [2.75, 3.05) is 46.3 Å². The Labute approximate surface area is 144 Å². The summed E-state index contributed by atoms with van der Waals surface area (Å²) in [6, 6.07) is 3.87. The van der Waals surface area contributed by atoms with Crippen molar-refractivity contribution in [2.24, 2.45) is 0 Å². The van der Waals surface area contributed by atoms with Crippen LogP contribution in [0.1, 0.15) is 32.2 Å². The average molecular weight is 334 g/mol. The van der Waals surface area contributed by atoms with Gasteiger partial charge in [-0.15, -0.1) is 0 Å². The molecule has 2 rings (SSSR count). The van der Waals surface area contributed by atoms with E-state index in [0.717, 1.165) is 36.7 Å². The monoisotopic (exact) mass is 334 g/mol. The van der Waals surface area contributed by atoms with Gasteiger partial charge in [0.25, 0.3) is 0 Å². The zero-order chi connectivity index (χ0) is 17.7. The van der Waals surface area contributed by atoms with Crippen LogP contribution in [0.5, 0.6) is 0 Å². The first kappa shape index (κ1) is 18.7. The Morgan fingerprint density at radius 2 is 1.75 bits per heavy atom. The maximum atomic E-state index is 6.00. The number of fused-ring (bicyclic) bond motifs is 1. The molecule has 2 heterocycles. The molecule has 0 saturated carbocycles. The fourth-order valence-corrected chi connectivity index (χ4v) is 2.78. The fourth-order valence-electron chi connectivity index (χ4n) is 2.78. The van der Waals surface area contributed by atoms with E-state index in [0.29, 0.717) is 13.2 Å². The van der Waals surface area contributed by atoms with E-state index < -0.39 is 0 Å². The van der Waals surface area contributed by atoms with Crippen LogP contribution in [0.2, 0.25) is 0 Å². The highest BCUT2D eigenvalue weighted by Gasteiger charge is 2.25. The summed E-state index contributed by atoms with van der Waals surface area (Å²) in [5.41, 5.74) is 9.92. The quantitative estimate of drug-likeness (QED) is 0.802. The number of nitrogens with two attached hydrogens (primary N) is 1. The molecule has 0 atom stereocenters. The van der Waals surface area contributed by atoms with E-state index in [1.54, 1.807) is 14.2 Å². The van der Waals surface area contributed by atoms with Crippen molar-refractivity contribution in [1.29, 1.82) is 0 Å². The Kier molecular flexibility index (Phi) is 6.21. The number of rotatable bonds is 8. The molecule has 0 bridgehead atoms. The molecule has 0 radical (unpaired) electrons. The summed E-state index contributed by atoms with van der Waals surface area (Å²) in [6.45, 7) is 10.4. The third kappa shape index (κ3) is 4.47. The summed E-state index contributed by atoms with van der Waals surface area (Å²) in [5, 5.41) is 0. The maximum Gasteiger partial charge on any atom is 0.137 e. The second-order valence-corrected chi connectivity index (χ2v) is 7.11. The van der Waals surface area contributed by atoms with Gasteiger partial charge in [0.1, 0.15) is 5.65 Å².